The number of halogens is 1. The highest BCUT2D eigenvalue weighted by Crippen LogP contribution is 2.41. The normalized spacial score (nSPS) is 13.3. The molecule has 3 rings (SSSR count). The maximum Gasteiger partial charge on any atom is 0.0331 e. The Balaban J connectivity index is 2.28. The first-order valence-electron chi connectivity index (χ1n) is 7.05. The van der Waals surface area contributed by atoms with Crippen molar-refractivity contribution in [2.75, 3.05) is 0 Å². The van der Waals surface area contributed by atoms with Gasteiger partial charge in [-0.3, -0.25) is 0 Å². The lowest BCUT2D eigenvalue weighted by Gasteiger charge is -2.16. The molecule has 0 aromatic heterocycles. The molecule has 0 radical (unpaired) electrons. The number of hydrogen-bond acceptors (Lipinski definition) is 0. The summed E-state index contributed by atoms with van der Waals surface area (Å²) in [6.45, 7) is 8.78. The van der Waals surface area contributed by atoms with Gasteiger partial charge in [-0.2, -0.15) is 0 Å². The molecule has 0 bridgehead atoms. The standard InChI is InChI=1S/C19H19Br/c1-11-9-13(3)17(14(4)10-11)16-8-7-15-6-5-12(2)18(15)19(16)20/h5,7-10H,6H2,1-4H3. The van der Waals surface area contributed by atoms with E-state index in [9.17, 15) is 0 Å². The first-order valence-corrected chi connectivity index (χ1v) is 7.85. The fourth-order valence-electron chi connectivity index (χ4n) is 3.38. The molecular formula is C19H19Br. The van der Waals surface area contributed by atoms with Crippen molar-refractivity contribution in [2.24, 2.45) is 0 Å². The Bertz CT molecular complexity index is 713. The Morgan fingerprint density at radius 3 is 2.20 bits per heavy atom. The first-order chi connectivity index (χ1) is 9.49. The fourth-order valence-corrected chi connectivity index (χ4v) is 4.27. The molecule has 0 fully saturated rings. The Kier molecular flexibility index (Phi) is 3.33. The van der Waals surface area contributed by atoms with Crippen molar-refractivity contribution in [3.63, 3.8) is 0 Å². The van der Waals surface area contributed by atoms with Gasteiger partial charge in [0.25, 0.3) is 0 Å². The Hall–Kier alpha value is -1.34. The van der Waals surface area contributed by atoms with Crippen LogP contribution in [-0.2, 0) is 6.42 Å². The van der Waals surface area contributed by atoms with Crippen molar-refractivity contribution in [2.45, 2.75) is 34.1 Å². The minimum absolute atomic E-state index is 1.06. The molecule has 0 saturated carbocycles. The summed E-state index contributed by atoms with van der Waals surface area (Å²) in [4.78, 5) is 0. The highest BCUT2D eigenvalue weighted by atomic mass is 79.9. The van der Waals surface area contributed by atoms with Gasteiger partial charge >= 0.3 is 0 Å². The Labute approximate surface area is 129 Å². The molecule has 0 unspecified atom stereocenters. The summed E-state index contributed by atoms with van der Waals surface area (Å²) in [5, 5.41) is 0. The Morgan fingerprint density at radius 1 is 0.900 bits per heavy atom. The number of aryl methyl sites for hydroxylation is 3. The number of rotatable bonds is 1. The molecular weight excluding hydrogens is 308 g/mol. The molecule has 1 aliphatic carbocycles. The van der Waals surface area contributed by atoms with Crippen LogP contribution in [0.1, 0.15) is 34.7 Å². The third kappa shape index (κ3) is 2.05. The van der Waals surface area contributed by atoms with Gasteiger partial charge < -0.3 is 0 Å². The van der Waals surface area contributed by atoms with Crippen molar-refractivity contribution in [3.8, 4) is 11.1 Å². The predicted molar refractivity (Wildman–Crippen MR) is 91.1 cm³/mol. The van der Waals surface area contributed by atoms with E-state index in [4.69, 9.17) is 0 Å². The zero-order chi connectivity index (χ0) is 14.4. The predicted octanol–water partition coefficient (Wildman–Crippen LogP) is 6.00. The molecule has 102 valence electrons. The van der Waals surface area contributed by atoms with E-state index in [0.717, 1.165) is 6.42 Å². The van der Waals surface area contributed by atoms with Gasteiger partial charge in [0.1, 0.15) is 0 Å². The van der Waals surface area contributed by atoms with E-state index in [-0.39, 0.29) is 0 Å². The van der Waals surface area contributed by atoms with Crippen LogP contribution in [0.15, 0.2) is 34.8 Å². The zero-order valence-electron chi connectivity index (χ0n) is 12.5. The number of hydrogen-bond donors (Lipinski definition) is 0. The minimum Gasteiger partial charge on any atom is -0.0765 e. The minimum atomic E-state index is 1.06. The van der Waals surface area contributed by atoms with Gasteiger partial charge in [-0.1, -0.05) is 35.9 Å². The van der Waals surface area contributed by atoms with Gasteiger partial charge in [0.2, 0.25) is 0 Å². The average Bonchev–Trinajstić information content (AvgIpc) is 2.73. The highest BCUT2D eigenvalue weighted by molar-refractivity contribution is 9.10. The maximum absolute atomic E-state index is 3.86. The van der Waals surface area contributed by atoms with Crippen LogP contribution < -0.4 is 0 Å². The summed E-state index contributed by atoms with van der Waals surface area (Å²) in [5.41, 5.74) is 10.9. The summed E-state index contributed by atoms with van der Waals surface area (Å²) in [6, 6.07) is 9.08. The second-order valence-electron chi connectivity index (χ2n) is 5.83. The number of fused-ring (bicyclic) bond motifs is 1. The first kappa shape index (κ1) is 13.6. The van der Waals surface area contributed by atoms with Gasteiger partial charge in [-0.05, 0) is 89.0 Å². The van der Waals surface area contributed by atoms with Crippen LogP contribution in [0.5, 0.6) is 0 Å². The van der Waals surface area contributed by atoms with Crippen molar-refractivity contribution in [3.05, 3.63) is 62.6 Å². The third-order valence-electron chi connectivity index (χ3n) is 4.20. The molecule has 0 amide bonds. The van der Waals surface area contributed by atoms with Crippen LogP contribution >= 0.6 is 15.9 Å². The molecule has 2 aromatic rings. The molecule has 1 aliphatic rings. The van der Waals surface area contributed by atoms with Gasteiger partial charge in [-0.25, -0.2) is 0 Å². The van der Waals surface area contributed by atoms with Gasteiger partial charge in [-0.15, -0.1) is 0 Å². The lowest BCUT2D eigenvalue weighted by molar-refractivity contribution is 1.28. The lowest BCUT2D eigenvalue weighted by atomic mass is 9.91. The largest absolute Gasteiger partial charge is 0.0765 e. The summed E-state index contributed by atoms with van der Waals surface area (Å²) in [7, 11) is 0. The molecule has 1 heteroatoms. The maximum atomic E-state index is 3.86. The van der Waals surface area contributed by atoms with Crippen molar-refractivity contribution >= 4 is 21.5 Å². The van der Waals surface area contributed by atoms with Crippen molar-refractivity contribution < 1.29 is 0 Å². The summed E-state index contributed by atoms with van der Waals surface area (Å²) in [6.07, 6.45) is 3.37. The monoisotopic (exact) mass is 326 g/mol. The molecule has 0 N–H and O–H groups in total. The van der Waals surface area contributed by atoms with Crippen LogP contribution in [0.3, 0.4) is 0 Å². The summed E-state index contributed by atoms with van der Waals surface area (Å²) in [5.74, 6) is 0. The number of allylic oxidation sites excluding steroid dienone is 2. The molecule has 0 spiro atoms. The van der Waals surface area contributed by atoms with E-state index in [1.54, 1.807) is 0 Å². The smallest absolute Gasteiger partial charge is 0.0331 e. The Morgan fingerprint density at radius 2 is 1.55 bits per heavy atom. The molecule has 0 nitrogen and oxygen atoms in total. The van der Waals surface area contributed by atoms with Crippen LogP contribution in [0, 0.1) is 20.8 Å². The van der Waals surface area contributed by atoms with E-state index in [0.29, 0.717) is 0 Å². The molecule has 0 atom stereocenters. The van der Waals surface area contributed by atoms with Crippen LogP contribution in [0.25, 0.3) is 16.7 Å². The second-order valence-corrected chi connectivity index (χ2v) is 6.62. The summed E-state index contributed by atoms with van der Waals surface area (Å²) < 4.78 is 1.25. The van der Waals surface area contributed by atoms with E-state index in [1.807, 2.05) is 0 Å². The lowest BCUT2D eigenvalue weighted by Crippen LogP contribution is -1.94. The van der Waals surface area contributed by atoms with Gasteiger partial charge in [0.05, 0.1) is 0 Å². The van der Waals surface area contributed by atoms with E-state index < -0.39 is 0 Å². The quantitative estimate of drug-likeness (QED) is 0.602. The van der Waals surface area contributed by atoms with E-state index in [2.05, 4.69) is 74.0 Å². The summed E-state index contributed by atoms with van der Waals surface area (Å²) >= 11 is 3.86. The van der Waals surface area contributed by atoms with E-state index in [1.165, 1.54) is 49.0 Å². The van der Waals surface area contributed by atoms with Crippen molar-refractivity contribution in [1.29, 1.82) is 0 Å². The third-order valence-corrected chi connectivity index (χ3v) is 5.02. The zero-order valence-corrected chi connectivity index (χ0v) is 14.1. The van der Waals surface area contributed by atoms with Crippen molar-refractivity contribution in [1.82, 2.24) is 0 Å². The SMILES string of the molecule is CC1=CCc2ccc(-c3c(C)cc(C)cc3C)c(Br)c21. The highest BCUT2D eigenvalue weighted by Gasteiger charge is 2.19. The van der Waals surface area contributed by atoms with Crippen LogP contribution in [0.4, 0.5) is 0 Å². The van der Waals surface area contributed by atoms with E-state index >= 15 is 0 Å². The van der Waals surface area contributed by atoms with Crippen LogP contribution in [-0.4, -0.2) is 0 Å². The van der Waals surface area contributed by atoms with Crippen LogP contribution in [0.2, 0.25) is 0 Å². The topological polar surface area (TPSA) is 0 Å². The second kappa shape index (κ2) is 4.89. The fraction of sp³-hybridized carbons (Fsp3) is 0.263. The molecule has 2 aromatic carbocycles. The molecule has 0 aliphatic heterocycles. The average molecular weight is 327 g/mol. The van der Waals surface area contributed by atoms with Gasteiger partial charge in [0.15, 0.2) is 0 Å². The molecule has 0 saturated heterocycles. The number of benzene rings is 2. The molecule has 20 heavy (non-hydrogen) atoms. The van der Waals surface area contributed by atoms with Gasteiger partial charge in [0, 0.05) is 4.47 Å². The molecule has 0 heterocycles.